The number of allylic oxidation sites excluding steroid dienone is 1. The van der Waals surface area contributed by atoms with Crippen LogP contribution in [0.25, 0.3) is 0 Å². The fourth-order valence-electron chi connectivity index (χ4n) is 5.58. The highest BCUT2D eigenvalue weighted by Crippen LogP contribution is 2.40. The number of amidine groups is 1. The van der Waals surface area contributed by atoms with Crippen LogP contribution in [0.1, 0.15) is 47.3 Å². The average Bonchev–Trinajstić information content (AvgIpc) is 3.51. The maximum Gasteiger partial charge on any atom is 0.264 e. The van der Waals surface area contributed by atoms with Crippen LogP contribution in [0, 0.1) is 12.8 Å². The molecule has 2 amide bonds. The van der Waals surface area contributed by atoms with Crippen molar-refractivity contribution < 1.29 is 14.2 Å². The Morgan fingerprint density at radius 1 is 1.19 bits per heavy atom. The molecular formula is C26H29N8O2+. The zero-order valence-electron chi connectivity index (χ0n) is 20.4. The van der Waals surface area contributed by atoms with Crippen molar-refractivity contribution in [1.82, 2.24) is 14.7 Å². The first kappa shape index (κ1) is 22.6. The standard InChI is InChI=1S/C26H28N8O2/c1-16-13-22(31-32(16)2)29-26(36)18-5-3-17(4-6-18)25-30-24(21-14-28-11-12-34(21,25)27)19-7-8-20-9-10-23(35)33(20)15-19/h3-6,11-14,19-20H,7-10,15,27H2,1-2H3/p+1/t19-,20+,34?/m1/s1. The molecule has 3 atom stereocenters. The number of nitrogens with one attached hydrogen (secondary N) is 1. The Bertz CT molecular complexity index is 1360. The Balaban J connectivity index is 1.27. The molecule has 2 saturated heterocycles. The molecule has 2 aromatic rings. The lowest BCUT2D eigenvalue weighted by Crippen LogP contribution is -2.53. The van der Waals surface area contributed by atoms with Crippen LogP contribution in [-0.4, -0.2) is 55.7 Å². The number of aryl methyl sites for hydroxylation is 2. The molecule has 1 aromatic carbocycles. The van der Waals surface area contributed by atoms with Crippen molar-refractivity contribution in [1.29, 1.82) is 0 Å². The number of nitrogens with zero attached hydrogens (tertiary/aromatic N) is 6. The maximum absolute atomic E-state index is 12.7. The van der Waals surface area contributed by atoms with E-state index in [-0.39, 0.29) is 22.3 Å². The zero-order valence-corrected chi connectivity index (χ0v) is 20.4. The van der Waals surface area contributed by atoms with Crippen molar-refractivity contribution in [2.45, 2.75) is 38.6 Å². The van der Waals surface area contributed by atoms with Crippen LogP contribution in [0.4, 0.5) is 5.82 Å². The van der Waals surface area contributed by atoms with Gasteiger partial charge in [0, 0.05) is 49.3 Å². The molecule has 0 bridgehead atoms. The second kappa shape index (κ2) is 8.35. The van der Waals surface area contributed by atoms with E-state index in [9.17, 15) is 9.59 Å². The van der Waals surface area contributed by atoms with Gasteiger partial charge in [-0.3, -0.25) is 19.3 Å². The van der Waals surface area contributed by atoms with E-state index in [0.29, 0.717) is 36.2 Å². The van der Waals surface area contributed by atoms with Gasteiger partial charge in [-0.1, -0.05) is 0 Å². The quantitative estimate of drug-likeness (QED) is 0.511. The van der Waals surface area contributed by atoms with Crippen LogP contribution < -0.4 is 11.2 Å². The number of piperidine rings is 1. The number of rotatable bonds is 4. The van der Waals surface area contributed by atoms with Crippen LogP contribution in [0.5, 0.6) is 0 Å². The first-order chi connectivity index (χ1) is 17.3. The summed E-state index contributed by atoms with van der Waals surface area (Å²) in [5, 5.41) is 7.12. The molecule has 1 unspecified atom stereocenters. The van der Waals surface area contributed by atoms with E-state index in [1.165, 1.54) is 0 Å². The molecule has 0 spiro atoms. The summed E-state index contributed by atoms with van der Waals surface area (Å²) in [4.78, 5) is 36.5. The molecule has 0 aliphatic carbocycles. The van der Waals surface area contributed by atoms with E-state index in [1.54, 1.807) is 29.2 Å². The minimum absolute atomic E-state index is 0.0779. The van der Waals surface area contributed by atoms with Crippen molar-refractivity contribution in [2.24, 2.45) is 28.8 Å². The van der Waals surface area contributed by atoms with E-state index in [1.807, 2.05) is 43.3 Å². The Kier molecular flexibility index (Phi) is 5.24. The fourth-order valence-corrected chi connectivity index (χ4v) is 5.58. The van der Waals surface area contributed by atoms with Gasteiger partial charge >= 0.3 is 0 Å². The molecule has 5 heterocycles. The van der Waals surface area contributed by atoms with Gasteiger partial charge in [-0.2, -0.15) is 15.9 Å². The lowest BCUT2D eigenvalue weighted by atomic mass is 9.90. The number of carbonyl (C=O) groups excluding carboxylic acids is 2. The van der Waals surface area contributed by atoms with Crippen molar-refractivity contribution in [3.63, 3.8) is 0 Å². The third kappa shape index (κ3) is 3.61. The maximum atomic E-state index is 12.7. The number of anilines is 1. The number of hydrogen-bond acceptors (Lipinski definition) is 6. The third-order valence-electron chi connectivity index (χ3n) is 7.69. The van der Waals surface area contributed by atoms with E-state index in [4.69, 9.17) is 10.8 Å². The first-order valence-electron chi connectivity index (χ1n) is 12.3. The predicted octanol–water partition coefficient (Wildman–Crippen LogP) is 2.60. The molecule has 4 aliphatic rings. The molecule has 36 heavy (non-hydrogen) atoms. The van der Waals surface area contributed by atoms with Gasteiger partial charge in [-0.15, -0.1) is 4.59 Å². The number of aromatic nitrogens is 2. The molecule has 184 valence electrons. The Hall–Kier alpha value is -3.89. The van der Waals surface area contributed by atoms with Crippen LogP contribution in [-0.2, 0) is 11.8 Å². The number of benzene rings is 1. The highest BCUT2D eigenvalue weighted by molar-refractivity contribution is 6.05. The summed E-state index contributed by atoms with van der Waals surface area (Å²) >= 11 is 0. The van der Waals surface area contributed by atoms with Gasteiger partial charge in [-0.05, 0) is 50.5 Å². The lowest BCUT2D eigenvalue weighted by Gasteiger charge is -2.35. The number of amides is 2. The van der Waals surface area contributed by atoms with Gasteiger partial charge in [0.2, 0.25) is 11.6 Å². The molecular weight excluding hydrogens is 456 g/mol. The topological polar surface area (TPSA) is 118 Å². The van der Waals surface area contributed by atoms with Gasteiger partial charge in [0.1, 0.15) is 11.9 Å². The van der Waals surface area contributed by atoms with Gasteiger partial charge in [0.25, 0.3) is 11.7 Å². The minimum Gasteiger partial charge on any atom is -0.339 e. The molecule has 0 radical (unpaired) electrons. The van der Waals surface area contributed by atoms with Crippen LogP contribution in [0.3, 0.4) is 0 Å². The summed E-state index contributed by atoms with van der Waals surface area (Å²) in [7, 11) is 1.83. The number of aliphatic imine (C=N–C) groups is 2. The fraction of sp³-hybridized carbons (Fsp3) is 0.346. The Morgan fingerprint density at radius 3 is 2.75 bits per heavy atom. The summed E-state index contributed by atoms with van der Waals surface area (Å²) in [6.45, 7) is 2.60. The van der Waals surface area contributed by atoms with Crippen molar-refractivity contribution in [3.05, 3.63) is 70.9 Å². The SMILES string of the molecule is Cc1cc(NC(=O)c2ccc(C3=NC([C@@H]4CC[C@H]5CCC(=O)N5C4)=C4C=NC=C[N+]34N)cc2)nn1C. The monoisotopic (exact) mass is 485 g/mol. The Morgan fingerprint density at radius 2 is 2.00 bits per heavy atom. The van der Waals surface area contributed by atoms with E-state index in [0.717, 1.165) is 41.9 Å². The molecule has 0 saturated carbocycles. The van der Waals surface area contributed by atoms with Gasteiger partial charge in [0.15, 0.2) is 5.82 Å². The summed E-state index contributed by atoms with van der Waals surface area (Å²) in [5.41, 5.74) is 4.01. The molecule has 10 nitrogen and oxygen atoms in total. The van der Waals surface area contributed by atoms with E-state index >= 15 is 0 Å². The Labute approximate surface area is 209 Å². The number of carbonyl (C=O) groups is 2. The first-order valence-corrected chi connectivity index (χ1v) is 12.3. The number of fused-ring (bicyclic) bond motifs is 2. The zero-order chi connectivity index (χ0) is 25.0. The van der Waals surface area contributed by atoms with Crippen molar-refractivity contribution in [2.75, 3.05) is 11.9 Å². The van der Waals surface area contributed by atoms with E-state index < -0.39 is 0 Å². The van der Waals surface area contributed by atoms with Crippen LogP contribution in [0.15, 0.2) is 64.1 Å². The largest absolute Gasteiger partial charge is 0.339 e. The molecule has 6 rings (SSSR count). The molecule has 1 aromatic heterocycles. The van der Waals surface area contributed by atoms with Gasteiger partial charge < -0.3 is 10.2 Å². The second-order valence-electron chi connectivity index (χ2n) is 9.90. The number of quaternary nitrogens is 1. The second-order valence-corrected chi connectivity index (χ2v) is 9.90. The third-order valence-corrected chi connectivity index (χ3v) is 7.69. The summed E-state index contributed by atoms with van der Waals surface area (Å²) in [6, 6.07) is 9.45. The molecule has 2 fully saturated rings. The lowest BCUT2D eigenvalue weighted by molar-refractivity contribution is -0.750. The molecule has 3 N–H and O–H groups in total. The summed E-state index contributed by atoms with van der Waals surface area (Å²) in [6.07, 6.45) is 8.81. The minimum atomic E-state index is -0.235. The highest BCUT2D eigenvalue weighted by atomic mass is 16.2. The average molecular weight is 486 g/mol. The summed E-state index contributed by atoms with van der Waals surface area (Å²) < 4.78 is 1.64. The molecule has 4 aliphatic heterocycles. The van der Waals surface area contributed by atoms with Gasteiger partial charge in [-0.25, -0.2) is 0 Å². The van der Waals surface area contributed by atoms with Gasteiger partial charge in [0.05, 0.1) is 18.0 Å². The number of hydrogen-bond donors (Lipinski definition) is 2. The summed E-state index contributed by atoms with van der Waals surface area (Å²) in [5.74, 6) is 8.18. The predicted molar refractivity (Wildman–Crippen MR) is 135 cm³/mol. The smallest absolute Gasteiger partial charge is 0.264 e. The number of nitrogens with two attached hydrogens (primary N) is 1. The van der Waals surface area contributed by atoms with Crippen LogP contribution in [0.2, 0.25) is 0 Å². The normalized spacial score (nSPS) is 26.8. The van der Waals surface area contributed by atoms with E-state index in [2.05, 4.69) is 15.4 Å². The molecule has 10 heteroatoms. The van der Waals surface area contributed by atoms with Crippen molar-refractivity contribution in [3.8, 4) is 0 Å². The van der Waals surface area contributed by atoms with Crippen molar-refractivity contribution >= 4 is 29.7 Å². The van der Waals surface area contributed by atoms with Crippen LogP contribution >= 0.6 is 0 Å². The highest BCUT2D eigenvalue weighted by Gasteiger charge is 2.47.